The molecule has 2 aliphatic rings. The summed E-state index contributed by atoms with van der Waals surface area (Å²) in [6.45, 7) is 5.54. The maximum atomic E-state index is 13.6. The highest BCUT2D eigenvalue weighted by atomic mass is 32.2. The van der Waals surface area contributed by atoms with Gasteiger partial charge in [0.25, 0.3) is 5.91 Å². The van der Waals surface area contributed by atoms with Gasteiger partial charge in [-0.05, 0) is 52.2 Å². The molecule has 0 spiro atoms. The Balaban J connectivity index is 1.41. The summed E-state index contributed by atoms with van der Waals surface area (Å²) in [5.74, 6) is 1.05. The molecule has 198 valence electrons. The fourth-order valence-electron chi connectivity index (χ4n) is 4.41. The average Bonchev–Trinajstić information content (AvgIpc) is 3.47. The zero-order chi connectivity index (χ0) is 26.3. The molecule has 0 aliphatic carbocycles. The van der Waals surface area contributed by atoms with Crippen molar-refractivity contribution >= 4 is 42.6 Å². The highest BCUT2D eigenvalue weighted by Crippen LogP contribution is 2.40. The van der Waals surface area contributed by atoms with E-state index in [1.807, 2.05) is 45.0 Å². The number of aromatic nitrogens is 1. The summed E-state index contributed by atoms with van der Waals surface area (Å²) in [6.07, 6.45) is -0.365. The monoisotopic (exact) mass is 546 g/mol. The Morgan fingerprint density at radius 2 is 1.70 bits per heavy atom. The molecule has 3 aromatic rings. The minimum absolute atomic E-state index is 0.152. The van der Waals surface area contributed by atoms with E-state index in [-0.39, 0.29) is 29.8 Å². The lowest BCUT2D eigenvalue weighted by atomic mass is 10.2. The van der Waals surface area contributed by atoms with Gasteiger partial charge in [-0.1, -0.05) is 11.3 Å². The second kappa shape index (κ2) is 10.2. The number of carbonyl (C=O) groups is 1. The number of nitrogens with zero attached hydrogens (tertiary/aromatic N) is 4. The number of carbonyl (C=O) groups excluding carboxylic acids is 1. The van der Waals surface area contributed by atoms with Gasteiger partial charge in [-0.3, -0.25) is 9.69 Å². The molecular formula is C25H30N4O6S2. The van der Waals surface area contributed by atoms with Crippen LogP contribution < -0.4 is 14.4 Å². The average molecular weight is 547 g/mol. The van der Waals surface area contributed by atoms with Crippen LogP contribution in [0.3, 0.4) is 0 Å². The van der Waals surface area contributed by atoms with Crippen LogP contribution in [-0.2, 0) is 14.8 Å². The lowest BCUT2D eigenvalue weighted by Crippen LogP contribution is -2.48. The van der Waals surface area contributed by atoms with Crippen molar-refractivity contribution in [3.05, 3.63) is 42.0 Å². The van der Waals surface area contributed by atoms with Gasteiger partial charge in [0.2, 0.25) is 16.8 Å². The molecule has 0 saturated carbocycles. The van der Waals surface area contributed by atoms with Gasteiger partial charge in [-0.25, -0.2) is 13.4 Å². The molecule has 0 radical (unpaired) electrons. The minimum Gasteiger partial charge on any atom is -0.454 e. The van der Waals surface area contributed by atoms with Crippen LogP contribution in [-0.4, -0.2) is 87.8 Å². The third kappa shape index (κ3) is 5.30. The highest BCUT2D eigenvalue weighted by Gasteiger charge is 2.32. The third-order valence-corrected chi connectivity index (χ3v) is 9.13. The summed E-state index contributed by atoms with van der Waals surface area (Å²) in [4.78, 5) is 22.1. The second-order valence-electron chi connectivity index (χ2n) is 9.53. The normalized spacial score (nSPS) is 20.0. The van der Waals surface area contributed by atoms with E-state index in [2.05, 4.69) is 0 Å². The van der Waals surface area contributed by atoms with Crippen molar-refractivity contribution in [1.29, 1.82) is 0 Å². The van der Waals surface area contributed by atoms with E-state index in [9.17, 15) is 13.2 Å². The minimum atomic E-state index is -3.70. The zero-order valence-corrected chi connectivity index (χ0v) is 22.8. The molecular weight excluding hydrogens is 516 g/mol. The number of anilines is 1. The van der Waals surface area contributed by atoms with Crippen LogP contribution in [0.15, 0.2) is 41.3 Å². The molecule has 1 fully saturated rings. The number of ether oxygens (including phenoxy) is 3. The summed E-state index contributed by atoms with van der Waals surface area (Å²) >= 11 is 1.40. The van der Waals surface area contributed by atoms with E-state index in [0.29, 0.717) is 48.4 Å². The van der Waals surface area contributed by atoms with Crippen LogP contribution in [0.2, 0.25) is 0 Å². The van der Waals surface area contributed by atoms with Crippen molar-refractivity contribution in [2.45, 2.75) is 31.0 Å². The van der Waals surface area contributed by atoms with Crippen molar-refractivity contribution in [3.63, 3.8) is 0 Å². The Bertz CT molecular complexity index is 1360. The number of fused-ring (bicyclic) bond motifs is 2. The van der Waals surface area contributed by atoms with Crippen molar-refractivity contribution in [2.75, 3.05) is 52.0 Å². The van der Waals surface area contributed by atoms with E-state index in [4.69, 9.17) is 19.2 Å². The summed E-state index contributed by atoms with van der Waals surface area (Å²) in [6, 6.07) is 9.81. The quantitative estimate of drug-likeness (QED) is 0.446. The van der Waals surface area contributed by atoms with Gasteiger partial charge in [0.05, 0.1) is 27.3 Å². The molecule has 1 saturated heterocycles. The fraction of sp³-hybridized carbons (Fsp3) is 0.440. The number of benzene rings is 2. The first-order chi connectivity index (χ1) is 17.6. The summed E-state index contributed by atoms with van der Waals surface area (Å²) in [7, 11) is 0.176. The largest absolute Gasteiger partial charge is 0.454 e. The van der Waals surface area contributed by atoms with Gasteiger partial charge in [-0.15, -0.1) is 0 Å². The van der Waals surface area contributed by atoms with Crippen molar-refractivity contribution in [1.82, 2.24) is 14.2 Å². The zero-order valence-electron chi connectivity index (χ0n) is 21.2. The van der Waals surface area contributed by atoms with Gasteiger partial charge < -0.3 is 19.1 Å². The predicted octanol–water partition coefficient (Wildman–Crippen LogP) is 3.03. The van der Waals surface area contributed by atoms with E-state index >= 15 is 0 Å². The Morgan fingerprint density at radius 1 is 1.05 bits per heavy atom. The van der Waals surface area contributed by atoms with Gasteiger partial charge >= 0.3 is 0 Å². The first kappa shape index (κ1) is 25.9. The molecule has 37 heavy (non-hydrogen) atoms. The summed E-state index contributed by atoms with van der Waals surface area (Å²) in [5.41, 5.74) is 1.11. The molecule has 0 unspecified atom stereocenters. The van der Waals surface area contributed by atoms with Crippen molar-refractivity contribution < 1.29 is 27.4 Å². The molecule has 3 heterocycles. The number of likely N-dealkylation sites (N-methyl/N-ethyl adjacent to an activating group) is 1. The molecule has 1 aromatic heterocycles. The van der Waals surface area contributed by atoms with Gasteiger partial charge in [0.15, 0.2) is 16.6 Å². The SMILES string of the molecule is C[C@@H]1CN(S(=O)(=O)c2ccc(C(=O)N(CCN(C)C)c3nc4cc5c(cc4s3)OCO5)cc2)C[C@@H](C)O1. The van der Waals surface area contributed by atoms with E-state index in [1.165, 1.54) is 27.8 Å². The molecule has 2 atom stereocenters. The number of thiazole rings is 1. The fourth-order valence-corrected chi connectivity index (χ4v) is 7.00. The van der Waals surface area contributed by atoms with Crippen LogP contribution in [0, 0.1) is 0 Å². The van der Waals surface area contributed by atoms with Crippen LogP contribution in [0.4, 0.5) is 5.13 Å². The van der Waals surface area contributed by atoms with Crippen LogP contribution >= 0.6 is 11.3 Å². The van der Waals surface area contributed by atoms with Crippen molar-refractivity contribution in [3.8, 4) is 11.5 Å². The lowest BCUT2D eigenvalue weighted by Gasteiger charge is -2.34. The number of amides is 1. The number of sulfonamides is 1. The number of rotatable bonds is 7. The Labute approximate surface area is 220 Å². The van der Waals surface area contributed by atoms with Crippen LogP contribution in [0.25, 0.3) is 10.2 Å². The topological polar surface area (TPSA) is 102 Å². The second-order valence-corrected chi connectivity index (χ2v) is 12.5. The lowest BCUT2D eigenvalue weighted by molar-refractivity contribution is -0.0440. The molecule has 2 aromatic carbocycles. The van der Waals surface area contributed by atoms with E-state index < -0.39 is 10.0 Å². The maximum Gasteiger partial charge on any atom is 0.260 e. The predicted molar refractivity (Wildman–Crippen MR) is 141 cm³/mol. The number of morpholine rings is 1. The van der Waals surface area contributed by atoms with E-state index in [1.54, 1.807) is 17.0 Å². The van der Waals surface area contributed by atoms with Crippen molar-refractivity contribution in [2.24, 2.45) is 0 Å². The summed E-state index contributed by atoms with van der Waals surface area (Å²) < 4.78 is 45.4. The standard InChI is InChI=1S/C25H30N4O6S2/c1-16-13-28(14-17(2)35-16)37(31,32)19-7-5-18(6-8-19)24(30)29(10-9-27(3)4)25-26-20-11-21-22(34-15-33-21)12-23(20)36-25/h5-8,11-12,16-17H,9-10,13-15H2,1-4H3/t16-,17-/m1/s1. The Morgan fingerprint density at radius 3 is 2.35 bits per heavy atom. The number of hydrogen-bond acceptors (Lipinski definition) is 9. The third-order valence-electron chi connectivity index (χ3n) is 6.24. The first-order valence-electron chi connectivity index (χ1n) is 12.0. The molecule has 0 N–H and O–H groups in total. The Kier molecular flexibility index (Phi) is 7.12. The summed E-state index contributed by atoms with van der Waals surface area (Å²) in [5, 5.41) is 0.554. The molecule has 10 nitrogen and oxygen atoms in total. The highest BCUT2D eigenvalue weighted by molar-refractivity contribution is 7.89. The van der Waals surface area contributed by atoms with Crippen LogP contribution in [0.5, 0.6) is 11.5 Å². The molecule has 2 aliphatic heterocycles. The molecule has 12 heteroatoms. The first-order valence-corrected chi connectivity index (χ1v) is 14.3. The number of hydrogen-bond donors (Lipinski definition) is 0. The van der Waals surface area contributed by atoms with Gasteiger partial charge in [0.1, 0.15) is 0 Å². The van der Waals surface area contributed by atoms with Gasteiger partial charge in [-0.2, -0.15) is 4.31 Å². The van der Waals surface area contributed by atoms with Crippen LogP contribution in [0.1, 0.15) is 24.2 Å². The van der Waals surface area contributed by atoms with Gasteiger partial charge in [0, 0.05) is 43.9 Å². The molecule has 5 rings (SSSR count). The molecule has 1 amide bonds. The maximum absolute atomic E-state index is 13.6. The van der Waals surface area contributed by atoms with E-state index in [0.717, 1.165) is 10.2 Å². The molecule has 0 bridgehead atoms. The smallest absolute Gasteiger partial charge is 0.260 e. The Hall–Kier alpha value is -2.77.